The van der Waals surface area contributed by atoms with Crippen LogP contribution >= 0.6 is 0 Å². The molecule has 0 saturated heterocycles. The normalized spacial score (nSPS) is 23.9. The molecular weight excluding hydrogens is 438 g/mol. The molecular formula is C25H37N3O6. The first-order valence-electron chi connectivity index (χ1n) is 11.9. The van der Waals surface area contributed by atoms with Crippen molar-refractivity contribution in [2.24, 2.45) is 11.8 Å². The number of amides is 3. The van der Waals surface area contributed by atoms with E-state index in [-0.39, 0.29) is 49.0 Å². The Kier molecular flexibility index (Phi) is 8.90. The SMILES string of the molecule is COCC(=O)Nc1ccc2c(c1)OC[C@@H](C)N(C(=O)CC1CC1)C[C@H](C)[C@@H](OC)CN(C)C2=O. The van der Waals surface area contributed by atoms with Crippen LogP contribution in [-0.4, -0.2) is 87.2 Å². The molecule has 0 aromatic heterocycles. The van der Waals surface area contributed by atoms with E-state index in [4.69, 9.17) is 14.2 Å². The van der Waals surface area contributed by atoms with E-state index in [1.165, 1.54) is 7.11 Å². The van der Waals surface area contributed by atoms with Gasteiger partial charge in [-0.05, 0) is 37.8 Å². The van der Waals surface area contributed by atoms with Crippen molar-refractivity contribution < 1.29 is 28.6 Å². The van der Waals surface area contributed by atoms with E-state index in [0.29, 0.717) is 42.4 Å². The maximum Gasteiger partial charge on any atom is 0.257 e. The number of methoxy groups -OCH3 is 2. The number of benzene rings is 1. The molecule has 3 amide bonds. The molecule has 1 aromatic carbocycles. The maximum atomic E-state index is 13.3. The first-order valence-corrected chi connectivity index (χ1v) is 11.9. The lowest BCUT2D eigenvalue weighted by Crippen LogP contribution is -2.48. The molecule has 0 bridgehead atoms. The predicted octanol–water partition coefficient (Wildman–Crippen LogP) is 2.40. The van der Waals surface area contributed by atoms with Crippen LogP contribution in [-0.2, 0) is 19.1 Å². The molecule has 3 rings (SSSR count). The number of hydrogen-bond donors (Lipinski definition) is 1. The second-order valence-electron chi connectivity index (χ2n) is 9.48. The first-order chi connectivity index (χ1) is 16.2. The molecule has 34 heavy (non-hydrogen) atoms. The van der Waals surface area contributed by atoms with Crippen LogP contribution in [0.15, 0.2) is 18.2 Å². The number of rotatable bonds is 6. The zero-order chi connectivity index (χ0) is 24.8. The summed E-state index contributed by atoms with van der Waals surface area (Å²) in [4.78, 5) is 41.8. The summed E-state index contributed by atoms with van der Waals surface area (Å²) in [6, 6.07) is 4.75. The van der Waals surface area contributed by atoms with Crippen LogP contribution in [0.5, 0.6) is 5.75 Å². The van der Waals surface area contributed by atoms with Crippen molar-refractivity contribution in [1.82, 2.24) is 9.80 Å². The van der Waals surface area contributed by atoms with Gasteiger partial charge in [-0.25, -0.2) is 0 Å². The number of hydrogen-bond acceptors (Lipinski definition) is 6. The molecule has 1 fully saturated rings. The number of fused-ring (bicyclic) bond motifs is 1. The fourth-order valence-electron chi connectivity index (χ4n) is 4.21. The van der Waals surface area contributed by atoms with E-state index >= 15 is 0 Å². The summed E-state index contributed by atoms with van der Waals surface area (Å²) >= 11 is 0. The van der Waals surface area contributed by atoms with Crippen LogP contribution in [0.1, 0.15) is 43.5 Å². The van der Waals surface area contributed by atoms with Gasteiger partial charge in [-0.15, -0.1) is 0 Å². The Morgan fingerprint density at radius 1 is 1.18 bits per heavy atom. The van der Waals surface area contributed by atoms with E-state index in [2.05, 4.69) is 5.32 Å². The molecule has 9 nitrogen and oxygen atoms in total. The average molecular weight is 476 g/mol. The molecule has 0 spiro atoms. The fraction of sp³-hybridized carbons (Fsp3) is 0.640. The molecule has 3 atom stereocenters. The summed E-state index contributed by atoms with van der Waals surface area (Å²) in [5.41, 5.74) is 0.888. The van der Waals surface area contributed by atoms with Crippen molar-refractivity contribution >= 4 is 23.4 Å². The van der Waals surface area contributed by atoms with Gasteiger partial charge >= 0.3 is 0 Å². The Hall–Kier alpha value is -2.65. The number of carbonyl (C=O) groups excluding carboxylic acids is 3. The highest BCUT2D eigenvalue weighted by Gasteiger charge is 2.33. The van der Waals surface area contributed by atoms with E-state index in [9.17, 15) is 14.4 Å². The maximum absolute atomic E-state index is 13.3. The second-order valence-corrected chi connectivity index (χ2v) is 9.48. The molecule has 1 heterocycles. The molecule has 2 aliphatic rings. The van der Waals surface area contributed by atoms with Crippen molar-refractivity contribution in [3.8, 4) is 5.75 Å². The van der Waals surface area contributed by atoms with Gasteiger partial charge in [0.2, 0.25) is 11.8 Å². The van der Waals surface area contributed by atoms with Crippen LogP contribution in [0, 0.1) is 11.8 Å². The minimum Gasteiger partial charge on any atom is -0.491 e. The van der Waals surface area contributed by atoms with E-state index in [1.54, 1.807) is 37.3 Å². The van der Waals surface area contributed by atoms with Gasteiger partial charge in [-0.3, -0.25) is 14.4 Å². The minimum absolute atomic E-state index is 0.0307. The Morgan fingerprint density at radius 3 is 2.56 bits per heavy atom. The summed E-state index contributed by atoms with van der Waals surface area (Å²) in [6.45, 7) is 5.05. The van der Waals surface area contributed by atoms with Crippen LogP contribution in [0.4, 0.5) is 5.69 Å². The summed E-state index contributed by atoms with van der Waals surface area (Å²) in [7, 11) is 4.81. The largest absolute Gasteiger partial charge is 0.491 e. The standard InChI is InChI=1S/C25H37N3O6/c1-16-12-28(24(30)10-18-6-7-18)17(2)14-34-21-11-19(26-23(29)15-32-4)8-9-20(21)25(31)27(3)13-22(16)33-5/h8-9,11,16-18,22H,6-7,10,12-15H2,1-5H3,(H,26,29)/t16-,17+,22-/m0/s1. The quantitative estimate of drug-likeness (QED) is 0.679. The predicted molar refractivity (Wildman–Crippen MR) is 128 cm³/mol. The Balaban J connectivity index is 1.91. The molecule has 0 unspecified atom stereocenters. The van der Waals surface area contributed by atoms with Gasteiger partial charge in [-0.2, -0.15) is 0 Å². The van der Waals surface area contributed by atoms with Gasteiger partial charge in [0.25, 0.3) is 5.91 Å². The third-order valence-electron chi connectivity index (χ3n) is 6.49. The molecule has 1 aromatic rings. The third-order valence-corrected chi connectivity index (χ3v) is 6.49. The van der Waals surface area contributed by atoms with Gasteiger partial charge in [-0.1, -0.05) is 6.92 Å². The number of carbonyl (C=O) groups is 3. The topological polar surface area (TPSA) is 97.4 Å². The van der Waals surface area contributed by atoms with Gasteiger partial charge in [0.1, 0.15) is 19.0 Å². The van der Waals surface area contributed by atoms with E-state index < -0.39 is 0 Å². The lowest BCUT2D eigenvalue weighted by Gasteiger charge is -2.36. The van der Waals surface area contributed by atoms with Gasteiger partial charge in [0.15, 0.2) is 0 Å². The van der Waals surface area contributed by atoms with Crippen molar-refractivity contribution in [3.63, 3.8) is 0 Å². The molecule has 0 radical (unpaired) electrons. The third kappa shape index (κ3) is 6.70. The Bertz CT molecular complexity index is 887. The van der Waals surface area contributed by atoms with Crippen LogP contribution in [0.3, 0.4) is 0 Å². The minimum atomic E-state index is -0.304. The smallest absolute Gasteiger partial charge is 0.257 e. The first kappa shape index (κ1) is 26.0. The van der Waals surface area contributed by atoms with Crippen molar-refractivity contribution in [2.75, 3.05) is 52.9 Å². The monoisotopic (exact) mass is 475 g/mol. The summed E-state index contributed by atoms with van der Waals surface area (Å²) < 4.78 is 16.7. The van der Waals surface area contributed by atoms with Crippen molar-refractivity contribution in [3.05, 3.63) is 23.8 Å². The van der Waals surface area contributed by atoms with Gasteiger partial charge < -0.3 is 29.3 Å². The molecule has 1 N–H and O–H groups in total. The van der Waals surface area contributed by atoms with Crippen LogP contribution in [0.2, 0.25) is 0 Å². The van der Waals surface area contributed by atoms with E-state index in [0.717, 1.165) is 12.8 Å². The summed E-state index contributed by atoms with van der Waals surface area (Å²) in [5, 5.41) is 2.74. The number of nitrogens with zero attached hydrogens (tertiary/aromatic N) is 2. The highest BCUT2D eigenvalue weighted by molar-refractivity contribution is 5.98. The molecule has 9 heteroatoms. The van der Waals surface area contributed by atoms with Gasteiger partial charge in [0.05, 0.1) is 17.7 Å². The van der Waals surface area contributed by atoms with Crippen LogP contribution in [0.25, 0.3) is 0 Å². The Morgan fingerprint density at radius 2 is 1.91 bits per heavy atom. The van der Waals surface area contributed by atoms with Gasteiger partial charge in [0, 0.05) is 58.4 Å². The highest BCUT2D eigenvalue weighted by atomic mass is 16.5. The molecule has 1 aliphatic heterocycles. The lowest BCUT2D eigenvalue weighted by atomic mass is 10.0. The summed E-state index contributed by atoms with van der Waals surface area (Å²) in [6.07, 6.45) is 2.55. The molecule has 1 saturated carbocycles. The molecule has 188 valence electrons. The lowest BCUT2D eigenvalue weighted by molar-refractivity contribution is -0.135. The summed E-state index contributed by atoms with van der Waals surface area (Å²) in [5.74, 6) is 0.496. The Labute approximate surface area is 201 Å². The van der Waals surface area contributed by atoms with Crippen molar-refractivity contribution in [2.45, 2.75) is 45.3 Å². The average Bonchev–Trinajstić information content (AvgIpc) is 3.62. The number of ether oxygens (including phenoxy) is 3. The van der Waals surface area contributed by atoms with Crippen molar-refractivity contribution in [1.29, 1.82) is 0 Å². The van der Waals surface area contributed by atoms with Crippen LogP contribution < -0.4 is 10.1 Å². The number of nitrogens with one attached hydrogen (secondary N) is 1. The zero-order valence-electron chi connectivity index (χ0n) is 20.8. The zero-order valence-corrected chi connectivity index (χ0v) is 20.8. The fourth-order valence-corrected chi connectivity index (χ4v) is 4.21. The van der Waals surface area contributed by atoms with E-state index in [1.807, 2.05) is 18.7 Å². The number of anilines is 1. The molecule has 1 aliphatic carbocycles. The number of likely N-dealkylation sites (N-methyl/N-ethyl adjacent to an activating group) is 1. The second kappa shape index (κ2) is 11.7. The highest BCUT2D eigenvalue weighted by Crippen LogP contribution is 2.33.